The van der Waals surface area contributed by atoms with Gasteiger partial charge in [-0.1, -0.05) is 37.1 Å². The minimum atomic E-state index is -3.47. The molecule has 5 heteroatoms. The second-order valence-corrected chi connectivity index (χ2v) is 9.22. The van der Waals surface area contributed by atoms with E-state index >= 15 is 0 Å². The van der Waals surface area contributed by atoms with Gasteiger partial charge in [0.05, 0.1) is 4.90 Å². The lowest BCUT2D eigenvalue weighted by atomic mass is 10.1. The van der Waals surface area contributed by atoms with Crippen molar-refractivity contribution in [3.63, 3.8) is 0 Å². The summed E-state index contributed by atoms with van der Waals surface area (Å²) in [5.74, 6) is 0. The van der Waals surface area contributed by atoms with Gasteiger partial charge >= 0.3 is 0 Å². The van der Waals surface area contributed by atoms with Crippen LogP contribution >= 0.6 is 0 Å². The molecule has 1 aliphatic heterocycles. The minimum absolute atomic E-state index is 0.374. The summed E-state index contributed by atoms with van der Waals surface area (Å²) in [6, 6.07) is 14.1. The zero-order valence-electron chi connectivity index (χ0n) is 16.4. The average molecular weight is 387 g/mol. The van der Waals surface area contributed by atoms with Crippen molar-refractivity contribution in [2.75, 3.05) is 24.5 Å². The van der Waals surface area contributed by atoms with Crippen molar-refractivity contribution in [2.45, 2.75) is 50.8 Å². The highest BCUT2D eigenvalue weighted by Gasteiger charge is 2.16. The van der Waals surface area contributed by atoms with E-state index in [4.69, 9.17) is 0 Å². The third kappa shape index (κ3) is 5.33. The van der Waals surface area contributed by atoms with Crippen molar-refractivity contribution < 1.29 is 8.42 Å². The largest absolute Gasteiger partial charge is 0.372 e. The minimum Gasteiger partial charge on any atom is -0.372 e. The first kappa shape index (κ1) is 19.9. The van der Waals surface area contributed by atoms with Crippen molar-refractivity contribution in [1.82, 2.24) is 4.72 Å². The molecule has 0 bridgehead atoms. The number of anilines is 1. The van der Waals surface area contributed by atoms with Crippen molar-refractivity contribution in [3.05, 3.63) is 59.2 Å². The average Bonchev–Trinajstić information content (AvgIpc) is 2.93. The Hall–Kier alpha value is -1.85. The molecule has 146 valence electrons. The predicted octanol–water partition coefficient (Wildman–Crippen LogP) is 4.20. The standard InChI is InChI=1S/C22H30N2O2S/c1-18-7-8-19(2)22(17-18)27(25,26)23-14-13-20-9-11-21(12-10-20)24-15-5-3-4-6-16-24/h7-12,17,23H,3-6,13-16H2,1-2H3. The lowest BCUT2D eigenvalue weighted by Crippen LogP contribution is -2.26. The number of benzene rings is 2. The third-order valence-electron chi connectivity index (χ3n) is 5.25. The fourth-order valence-corrected chi connectivity index (χ4v) is 4.97. The summed E-state index contributed by atoms with van der Waals surface area (Å²) >= 11 is 0. The van der Waals surface area contributed by atoms with E-state index in [0.717, 1.165) is 29.8 Å². The highest BCUT2D eigenvalue weighted by Crippen LogP contribution is 2.20. The third-order valence-corrected chi connectivity index (χ3v) is 6.85. The Labute approximate surface area is 163 Å². The van der Waals surface area contributed by atoms with E-state index in [-0.39, 0.29) is 0 Å². The van der Waals surface area contributed by atoms with E-state index in [1.807, 2.05) is 26.0 Å². The van der Waals surface area contributed by atoms with E-state index in [1.165, 1.54) is 31.4 Å². The van der Waals surface area contributed by atoms with Gasteiger partial charge in [-0.05, 0) is 68.0 Å². The molecule has 0 saturated carbocycles. The smallest absolute Gasteiger partial charge is 0.240 e. The van der Waals surface area contributed by atoms with Gasteiger partial charge in [0.2, 0.25) is 10.0 Å². The Morgan fingerprint density at radius 3 is 2.26 bits per heavy atom. The monoisotopic (exact) mass is 386 g/mol. The molecule has 1 N–H and O–H groups in total. The second kappa shape index (κ2) is 8.89. The maximum Gasteiger partial charge on any atom is 0.240 e. The number of nitrogens with one attached hydrogen (secondary N) is 1. The Morgan fingerprint density at radius 1 is 0.926 bits per heavy atom. The number of sulfonamides is 1. The molecular weight excluding hydrogens is 356 g/mol. The summed E-state index contributed by atoms with van der Waals surface area (Å²) < 4.78 is 27.9. The fraction of sp³-hybridized carbons (Fsp3) is 0.455. The number of aryl methyl sites for hydroxylation is 2. The quantitative estimate of drug-likeness (QED) is 0.809. The van der Waals surface area contributed by atoms with Gasteiger partial charge in [0.15, 0.2) is 0 Å². The molecule has 0 spiro atoms. The topological polar surface area (TPSA) is 49.4 Å². The second-order valence-electron chi connectivity index (χ2n) is 7.48. The molecule has 0 aromatic heterocycles. The number of hydrogen-bond donors (Lipinski definition) is 1. The molecule has 1 fully saturated rings. The molecule has 2 aromatic carbocycles. The summed E-state index contributed by atoms with van der Waals surface area (Å²) in [4.78, 5) is 2.83. The van der Waals surface area contributed by atoms with Crippen LogP contribution in [0.4, 0.5) is 5.69 Å². The van der Waals surface area contributed by atoms with Crippen molar-refractivity contribution in [1.29, 1.82) is 0 Å². The van der Waals surface area contributed by atoms with Crippen molar-refractivity contribution in [2.24, 2.45) is 0 Å². The molecule has 0 aliphatic carbocycles. The highest BCUT2D eigenvalue weighted by molar-refractivity contribution is 7.89. The first-order chi connectivity index (χ1) is 13.0. The Kier molecular flexibility index (Phi) is 6.55. The lowest BCUT2D eigenvalue weighted by molar-refractivity contribution is 0.581. The van der Waals surface area contributed by atoms with Crippen LogP contribution in [0.1, 0.15) is 42.4 Å². The summed E-state index contributed by atoms with van der Waals surface area (Å²) in [7, 11) is -3.47. The van der Waals surface area contributed by atoms with Gasteiger partial charge in [0.25, 0.3) is 0 Å². The molecule has 4 nitrogen and oxygen atoms in total. The van der Waals surface area contributed by atoms with Gasteiger partial charge in [-0.15, -0.1) is 0 Å². The van der Waals surface area contributed by atoms with Crippen LogP contribution in [-0.2, 0) is 16.4 Å². The van der Waals surface area contributed by atoms with Crippen LogP contribution in [0, 0.1) is 13.8 Å². The molecule has 3 rings (SSSR count). The molecule has 0 amide bonds. The van der Waals surface area contributed by atoms with E-state index in [2.05, 4.69) is 33.9 Å². The van der Waals surface area contributed by atoms with Crippen LogP contribution in [-0.4, -0.2) is 28.1 Å². The molecule has 2 aromatic rings. The normalized spacial score (nSPS) is 15.6. The van der Waals surface area contributed by atoms with Gasteiger partial charge < -0.3 is 4.90 Å². The molecular formula is C22H30N2O2S. The Bertz CT molecular complexity index is 852. The molecule has 0 radical (unpaired) electrons. The van der Waals surface area contributed by atoms with Gasteiger partial charge in [0, 0.05) is 25.3 Å². The summed E-state index contributed by atoms with van der Waals surface area (Å²) in [5, 5.41) is 0. The van der Waals surface area contributed by atoms with Crippen LogP contribution in [0.5, 0.6) is 0 Å². The molecule has 0 unspecified atom stereocenters. The van der Waals surface area contributed by atoms with Crippen LogP contribution < -0.4 is 9.62 Å². The van der Waals surface area contributed by atoms with Crippen molar-refractivity contribution in [3.8, 4) is 0 Å². The van der Waals surface area contributed by atoms with Gasteiger partial charge in [-0.2, -0.15) is 0 Å². The van der Waals surface area contributed by atoms with E-state index < -0.39 is 10.0 Å². The number of nitrogens with zero attached hydrogens (tertiary/aromatic N) is 1. The SMILES string of the molecule is Cc1ccc(C)c(S(=O)(=O)NCCc2ccc(N3CCCCCC3)cc2)c1. The predicted molar refractivity (Wildman–Crippen MR) is 112 cm³/mol. The first-order valence-corrected chi connectivity index (χ1v) is 11.3. The number of rotatable bonds is 6. The molecule has 1 heterocycles. The first-order valence-electron chi connectivity index (χ1n) is 9.86. The van der Waals surface area contributed by atoms with Crippen LogP contribution in [0.3, 0.4) is 0 Å². The van der Waals surface area contributed by atoms with Crippen LogP contribution in [0.2, 0.25) is 0 Å². The maximum atomic E-state index is 12.6. The van der Waals surface area contributed by atoms with Crippen LogP contribution in [0.15, 0.2) is 47.4 Å². The number of hydrogen-bond acceptors (Lipinski definition) is 3. The Morgan fingerprint density at radius 2 is 1.59 bits per heavy atom. The maximum absolute atomic E-state index is 12.6. The molecule has 0 atom stereocenters. The van der Waals surface area contributed by atoms with E-state index in [9.17, 15) is 8.42 Å². The Balaban J connectivity index is 1.57. The zero-order chi connectivity index (χ0) is 19.3. The van der Waals surface area contributed by atoms with E-state index in [1.54, 1.807) is 6.07 Å². The zero-order valence-corrected chi connectivity index (χ0v) is 17.2. The van der Waals surface area contributed by atoms with Crippen LogP contribution in [0.25, 0.3) is 0 Å². The van der Waals surface area contributed by atoms with E-state index in [0.29, 0.717) is 17.9 Å². The fourth-order valence-electron chi connectivity index (χ4n) is 3.61. The summed E-state index contributed by atoms with van der Waals surface area (Å²) in [5.41, 5.74) is 4.15. The van der Waals surface area contributed by atoms with Gasteiger partial charge in [-0.25, -0.2) is 13.1 Å². The molecule has 1 aliphatic rings. The summed E-state index contributed by atoms with van der Waals surface area (Å²) in [6.07, 6.45) is 5.87. The van der Waals surface area contributed by atoms with Gasteiger partial charge in [0.1, 0.15) is 0 Å². The lowest BCUT2D eigenvalue weighted by Gasteiger charge is -2.22. The molecule has 27 heavy (non-hydrogen) atoms. The van der Waals surface area contributed by atoms with Crippen molar-refractivity contribution >= 4 is 15.7 Å². The summed E-state index contributed by atoms with van der Waals surface area (Å²) in [6.45, 7) is 6.41. The molecule has 1 saturated heterocycles. The van der Waals surface area contributed by atoms with Gasteiger partial charge in [-0.3, -0.25) is 0 Å². The highest BCUT2D eigenvalue weighted by atomic mass is 32.2.